The van der Waals surface area contributed by atoms with Gasteiger partial charge in [0.2, 0.25) is 0 Å². The van der Waals surface area contributed by atoms with Gasteiger partial charge in [-0.05, 0) is 18.3 Å². The highest BCUT2D eigenvalue weighted by atomic mass is 19.4. The first-order chi connectivity index (χ1) is 7.46. The molecule has 0 aliphatic carbocycles. The largest absolute Gasteiger partial charge is 0.400 e. The summed E-state index contributed by atoms with van der Waals surface area (Å²) in [7, 11) is 0. The summed E-state index contributed by atoms with van der Waals surface area (Å²) in [5.74, 6) is -4.34. The van der Waals surface area contributed by atoms with Crippen molar-refractivity contribution in [1.82, 2.24) is 0 Å². The topological polar surface area (TPSA) is 0 Å². The molecular formula is C11H18F6. The average Bonchev–Trinajstić information content (AvgIpc) is 1.96. The van der Waals surface area contributed by atoms with Crippen molar-refractivity contribution in [2.24, 2.45) is 17.8 Å². The van der Waals surface area contributed by atoms with Crippen LogP contribution in [0.4, 0.5) is 26.3 Å². The molecule has 0 radical (unpaired) electrons. The third-order valence-electron chi connectivity index (χ3n) is 2.72. The van der Waals surface area contributed by atoms with Gasteiger partial charge in [-0.1, -0.05) is 33.6 Å². The SMILES string of the molecule is CC(C)CCC[C@@H](C)C(C(F)(F)F)C(F)(F)F. The van der Waals surface area contributed by atoms with Crippen molar-refractivity contribution in [3.63, 3.8) is 0 Å². The van der Waals surface area contributed by atoms with Gasteiger partial charge in [-0.15, -0.1) is 0 Å². The first-order valence-corrected chi connectivity index (χ1v) is 5.59. The summed E-state index contributed by atoms with van der Waals surface area (Å²) in [4.78, 5) is 0. The zero-order valence-corrected chi connectivity index (χ0v) is 10.1. The number of hydrogen-bond donors (Lipinski definition) is 0. The van der Waals surface area contributed by atoms with Gasteiger partial charge < -0.3 is 0 Å². The Hall–Kier alpha value is -0.420. The molecule has 0 aliphatic heterocycles. The van der Waals surface area contributed by atoms with E-state index in [9.17, 15) is 26.3 Å². The number of halogens is 6. The van der Waals surface area contributed by atoms with Gasteiger partial charge in [-0.2, -0.15) is 26.3 Å². The molecule has 0 aromatic carbocycles. The fourth-order valence-corrected chi connectivity index (χ4v) is 1.85. The van der Waals surface area contributed by atoms with E-state index in [-0.39, 0.29) is 12.3 Å². The second kappa shape index (κ2) is 5.96. The molecule has 0 spiro atoms. The van der Waals surface area contributed by atoms with Crippen LogP contribution >= 0.6 is 0 Å². The summed E-state index contributed by atoms with van der Waals surface area (Å²) in [6, 6.07) is 0. The van der Waals surface area contributed by atoms with Crippen molar-refractivity contribution in [3.05, 3.63) is 0 Å². The summed E-state index contributed by atoms with van der Waals surface area (Å²) in [6.07, 6.45) is -9.44. The smallest absolute Gasteiger partial charge is 0.170 e. The van der Waals surface area contributed by atoms with Crippen LogP contribution in [0, 0.1) is 17.8 Å². The van der Waals surface area contributed by atoms with Crippen LogP contribution in [0.15, 0.2) is 0 Å². The van der Waals surface area contributed by atoms with E-state index in [1.54, 1.807) is 0 Å². The molecule has 1 atom stereocenters. The van der Waals surface area contributed by atoms with E-state index in [0.717, 1.165) is 6.92 Å². The quantitative estimate of drug-likeness (QED) is 0.599. The lowest BCUT2D eigenvalue weighted by molar-refractivity contribution is -0.297. The van der Waals surface area contributed by atoms with Crippen LogP contribution in [0.5, 0.6) is 0 Å². The Balaban J connectivity index is 4.51. The zero-order chi connectivity index (χ0) is 13.9. The molecule has 6 heteroatoms. The highest BCUT2D eigenvalue weighted by molar-refractivity contribution is 4.80. The first kappa shape index (κ1) is 16.6. The minimum absolute atomic E-state index is 0.0537. The van der Waals surface area contributed by atoms with Crippen molar-refractivity contribution >= 4 is 0 Å². The van der Waals surface area contributed by atoms with E-state index in [4.69, 9.17) is 0 Å². The number of hydrogen-bond acceptors (Lipinski definition) is 0. The van der Waals surface area contributed by atoms with E-state index in [2.05, 4.69) is 0 Å². The molecule has 0 nitrogen and oxygen atoms in total. The van der Waals surface area contributed by atoms with Crippen molar-refractivity contribution < 1.29 is 26.3 Å². The third-order valence-corrected chi connectivity index (χ3v) is 2.72. The summed E-state index contributed by atoms with van der Waals surface area (Å²) in [5.41, 5.74) is 0. The lowest BCUT2D eigenvalue weighted by atomic mass is 9.87. The third kappa shape index (κ3) is 6.17. The van der Waals surface area contributed by atoms with Gasteiger partial charge in [0.15, 0.2) is 5.92 Å². The van der Waals surface area contributed by atoms with Gasteiger partial charge in [-0.3, -0.25) is 0 Å². The van der Waals surface area contributed by atoms with E-state index in [1.165, 1.54) is 0 Å². The van der Waals surface area contributed by atoms with E-state index < -0.39 is 24.2 Å². The fraction of sp³-hybridized carbons (Fsp3) is 1.00. The minimum atomic E-state index is -5.21. The van der Waals surface area contributed by atoms with Gasteiger partial charge in [0, 0.05) is 0 Å². The summed E-state index contributed by atoms with van der Waals surface area (Å²) < 4.78 is 74.0. The Kier molecular flexibility index (Phi) is 5.81. The van der Waals surface area contributed by atoms with Crippen LogP contribution in [-0.2, 0) is 0 Å². The second-order valence-electron chi connectivity index (χ2n) is 4.86. The molecule has 0 aromatic heterocycles. The maximum Gasteiger partial charge on any atom is 0.400 e. The Bertz CT molecular complexity index is 201. The molecular weight excluding hydrogens is 246 g/mol. The minimum Gasteiger partial charge on any atom is -0.170 e. The van der Waals surface area contributed by atoms with Crippen molar-refractivity contribution in [2.75, 3.05) is 0 Å². The lowest BCUT2D eigenvalue weighted by Gasteiger charge is -2.28. The molecule has 0 unspecified atom stereocenters. The van der Waals surface area contributed by atoms with Crippen LogP contribution in [-0.4, -0.2) is 12.4 Å². The molecule has 0 heterocycles. The Morgan fingerprint density at radius 2 is 1.18 bits per heavy atom. The number of alkyl halides is 6. The molecule has 0 N–H and O–H groups in total. The first-order valence-electron chi connectivity index (χ1n) is 5.59. The normalized spacial score (nSPS) is 15.7. The van der Waals surface area contributed by atoms with Crippen molar-refractivity contribution in [2.45, 2.75) is 52.4 Å². The van der Waals surface area contributed by atoms with Crippen LogP contribution in [0.1, 0.15) is 40.0 Å². The molecule has 0 rings (SSSR count). The van der Waals surface area contributed by atoms with Gasteiger partial charge in [0.1, 0.15) is 0 Å². The summed E-state index contributed by atoms with van der Waals surface area (Å²) in [6.45, 7) is 4.79. The Morgan fingerprint density at radius 3 is 1.47 bits per heavy atom. The standard InChI is InChI=1S/C11H18F6/c1-7(2)5-4-6-8(3)9(10(12,13)14)11(15,16)17/h7-9H,4-6H2,1-3H3/t8-/m1/s1. The van der Waals surface area contributed by atoms with Gasteiger partial charge in [0.05, 0.1) is 0 Å². The highest BCUT2D eigenvalue weighted by Crippen LogP contribution is 2.45. The summed E-state index contributed by atoms with van der Waals surface area (Å²) >= 11 is 0. The average molecular weight is 264 g/mol. The monoisotopic (exact) mass is 264 g/mol. The molecule has 0 bridgehead atoms. The van der Waals surface area contributed by atoms with Crippen LogP contribution < -0.4 is 0 Å². The van der Waals surface area contributed by atoms with Crippen molar-refractivity contribution in [3.8, 4) is 0 Å². The number of rotatable bonds is 5. The zero-order valence-electron chi connectivity index (χ0n) is 10.1. The molecule has 17 heavy (non-hydrogen) atoms. The summed E-state index contributed by atoms with van der Waals surface area (Å²) in [5, 5.41) is 0. The predicted molar refractivity (Wildman–Crippen MR) is 53.5 cm³/mol. The maximum atomic E-state index is 12.3. The molecule has 0 aromatic rings. The van der Waals surface area contributed by atoms with E-state index >= 15 is 0 Å². The van der Waals surface area contributed by atoms with Crippen LogP contribution in [0.2, 0.25) is 0 Å². The Morgan fingerprint density at radius 1 is 0.765 bits per heavy atom. The maximum absolute atomic E-state index is 12.3. The highest BCUT2D eigenvalue weighted by Gasteiger charge is 2.58. The predicted octanol–water partition coefficient (Wildman–Crippen LogP) is 5.19. The van der Waals surface area contributed by atoms with E-state index in [1.807, 2.05) is 13.8 Å². The Labute approximate surface area is 97.4 Å². The molecule has 0 fully saturated rings. The van der Waals surface area contributed by atoms with E-state index in [0.29, 0.717) is 12.8 Å². The molecule has 104 valence electrons. The lowest BCUT2D eigenvalue weighted by Crippen LogP contribution is -2.41. The van der Waals surface area contributed by atoms with Crippen LogP contribution in [0.25, 0.3) is 0 Å². The molecule has 0 saturated carbocycles. The molecule has 0 saturated heterocycles. The fourth-order valence-electron chi connectivity index (χ4n) is 1.85. The molecule has 0 amide bonds. The van der Waals surface area contributed by atoms with Gasteiger partial charge in [0.25, 0.3) is 0 Å². The second-order valence-corrected chi connectivity index (χ2v) is 4.86. The van der Waals surface area contributed by atoms with Gasteiger partial charge >= 0.3 is 12.4 Å². The molecule has 0 aliphatic rings. The van der Waals surface area contributed by atoms with Crippen molar-refractivity contribution in [1.29, 1.82) is 0 Å². The van der Waals surface area contributed by atoms with Crippen LogP contribution in [0.3, 0.4) is 0 Å². The van der Waals surface area contributed by atoms with Gasteiger partial charge in [-0.25, -0.2) is 0 Å².